The van der Waals surface area contributed by atoms with Crippen LogP contribution in [0.3, 0.4) is 0 Å². The van der Waals surface area contributed by atoms with E-state index < -0.39 is 30.8 Å². The molecule has 0 bridgehead atoms. The van der Waals surface area contributed by atoms with Gasteiger partial charge in [-0.15, -0.1) is 0 Å². The summed E-state index contributed by atoms with van der Waals surface area (Å²) in [6, 6.07) is 5.41. The van der Waals surface area contributed by atoms with Crippen molar-refractivity contribution < 1.29 is 36.6 Å². The summed E-state index contributed by atoms with van der Waals surface area (Å²) >= 11 is 0. The molecule has 0 heterocycles. The summed E-state index contributed by atoms with van der Waals surface area (Å²) < 4.78 is 78.6. The van der Waals surface area contributed by atoms with E-state index in [-0.39, 0.29) is 29.4 Å². The fourth-order valence-electron chi connectivity index (χ4n) is 8.51. The minimum Gasteiger partial charge on any atom is -0.508 e. The molecule has 4 rings (SSSR count). The lowest BCUT2D eigenvalue weighted by molar-refractivity contribution is -0.284. The number of phenolic OH excluding ortho intramolecular Hbond substituents is 1. The quantitative estimate of drug-likeness (QED) is 0.165. The van der Waals surface area contributed by atoms with Gasteiger partial charge >= 0.3 is 12.1 Å². The van der Waals surface area contributed by atoms with Crippen LogP contribution in [0.1, 0.15) is 107 Å². The Bertz CT molecular complexity index is 1020. The first-order chi connectivity index (χ1) is 19.7. The number of halogens is 6. The molecule has 1 aromatic rings. The molecule has 2 fully saturated rings. The van der Waals surface area contributed by atoms with Crippen LogP contribution in [0.15, 0.2) is 18.2 Å². The number of aromatic hydroxyl groups is 1. The molecule has 0 aliphatic heterocycles. The Morgan fingerprint density at radius 3 is 2.24 bits per heavy atom. The SMILES string of the molecule is CN(CCCCCC[C@@H]1Cc2cc(O)ccc2C2C1C1CC[C@H](O)C1(C)C[C@@H]2F)CCCCCCC(F)(F)C(F)(F)F. The maximum Gasteiger partial charge on any atom is 0.453 e. The predicted molar refractivity (Wildman–Crippen MR) is 153 cm³/mol. The van der Waals surface area contributed by atoms with Gasteiger partial charge in [0.15, 0.2) is 0 Å². The third-order valence-corrected chi connectivity index (χ3v) is 10.8. The highest BCUT2D eigenvalue weighted by Gasteiger charge is 2.60. The van der Waals surface area contributed by atoms with Gasteiger partial charge in [0, 0.05) is 12.3 Å². The van der Waals surface area contributed by atoms with E-state index in [0.29, 0.717) is 31.1 Å². The topological polar surface area (TPSA) is 43.7 Å². The molecule has 2 saturated carbocycles. The first-order valence-electron chi connectivity index (χ1n) is 16.0. The van der Waals surface area contributed by atoms with E-state index in [2.05, 4.69) is 11.8 Å². The minimum atomic E-state index is -5.46. The first kappa shape index (κ1) is 33.4. The molecule has 42 heavy (non-hydrogen) atoms. The van der Waals surface area contributed by atoms with Crippen LogP contribution in [0.4, 0.5) is 26.3 Å². The van der Waals surface area contributed by atoms with Gasteiger partial charge in [-0.05, 0) is 118 Å². The molecule has 3 aliphatic carbocycles. The zero-order valence-electron chi connectivity index (χ0n) is 25.1. The molecule has 240 valence electrons. The van der Waals surface area contributed by atoms with Crippen molar-refractivity contribution in [3.05, 3.63) is 29.3 Å². The van der Waals surface area contributed by atoms with E-state index in [0.717, 1.165) is 82.0 Å². The first-order valence-corrected chi connectivity index (χ1v) is 16.0. The molecular formula is C33H49F6NO2. The number of aliphatic hydroxyl groups is 1. The van der Waals surface area contributed by atoms with Gasteiger partial charge < -0.3 is 15.1 Å². The zero-order chi connectivity index (χ0) is 30.7. The third kappa shape index (κ3) is 7.41. The standard InChI is InChI=1S/C33H49F6NO2/c1-31-21-27(34)30-25-13-12-24(41)20-23(25)19-22(29(30)26(31)14-15-28(31)42)11-7-3-5-9-17-40(2)18-10-6-4-8-16-32(35,36)33(37,38)39/h12-13,20,22,26-30,41-42H,3-11,14-19,21H2,1-2H3/t22-,26?,27+,28+,29?,30?,31?/m1/s1. The molecule has 9 heteroatoms. The Morgan fingerprint density at radius 2 is 1.57 bits per heavy atom. The van der Waals surface area contributed by atoms with Crippen LogP contribution in [0.2, 0.25) is 0 Å². The molecular weight excluding hydrogens is 556 g/mol. The fraction of sp³-hybridized carbons (Fsp3) is 0.818. The number of benzene rings is 1. The molecule has 2 N–H and O–H groups in total. The largest absolute Gasteiger partial charge is 0.508 e. The number of nitrogens with zero attached hydrogens (tertiary/aromatic N) is 1. The van der Waals surface area contributed by atoms with Crippen molar-refractivity contribution in [2.24, 2.45) is 23.2 Å². The van der Waals surface area contributed by atoms with Crippen molar-refractivity contribution >= 4 is 0 Å². The number of rotatable bonds is 14. The number of aliphatic hydroxyl groups excluding tert-OH is 1. The van der Waals surface area contributed by atoms with E-state index in [9.17, 15) is 32.2 Å². The van der Waals surface area contributed by atoms with E-state index in [1.807, 2.05) is 19.2 Å². The maximum absolute atomic E-state index is 15.9. The molecule has 1 aromatic carbocycles. The molecule has 0 saturated heterocycles. The summed E-state index contributed by atoms with van der Waals surface area (Å²) in [4.78, 5) is 2.19. The molecule has 7 atom stereocenters. The molecule has 3 aliphatic rings. The molecule has 0 aromatic heterocycles. The smallest absolute Gasteiger partial charge is 0.453 e. The number of phenols is 1. The van der Waals surface area contributed by atoms with Gasteiger partial charge in [-0.25, -0.2) is 4.39 Å². The van der Waals surface area contributed by atoms with Crippen LogP contribution in [-0.4, -0.2) is 59.6 Å². The van der Waals surface area contributed by atoms with Crippen molar-refractivity contribution in [3.8, 4) is 5.75 Å². The average molecular weight is 606 g/mol. The molecule has 4 unspecified atom stereocenters. The molecule has 0 radical (unpaired) electrons. The van der Waals surface area contributed by atoms with Crippen LogP contribution >= 0.6 is 0 Å². The van der Waals surface area contributed by atoms with Crippen LogP contribution in [-0.2, 0) is 6.42 Å². The number of hydrogen-bond acceptors (Lipinski definition) is 3. The van der Waals surface area contributed by atoms with E-state index in [1.165, 1.54) is 0 Å². The van der Waals surface area contributed by atoms with Crippen LogP contribution in [0.25, 0.3) is 0 Å². The van der Waals surface area contributed by atoms with Crippen LogP contribution in [0.5, 0.6) is 5.75 Å². The second kappa shape index (κ2) is 13.7. The van der Waals surface area contributed by atoms with Gasteiger partial charge in [0.05, 0.1) is 6.10 Å². The van der Waals surface area contributed by atoms with Crippen molar-refractivity contribution in [3.63, 3.8) is 0 Å². The lowest BCUT2D eigenvalue weighted by Crippen LogP contribution is -2.51. The number of unbranched alkanes of at least 4 members (excludes halogenated alkanes) is 6. The lowest BCUT2D eigenvalue weighted by atomic mass is 9.51. The van der Waals surface area contributed by atoms with E-state index >= 15 is 4.39 Å². The predicted octanol–water partition coefficient (Wildman–Crippen LogP) is 8.81. The highest BCUT2D eigenvalue weighted by atomic mass is 19.4. The average Bonchev–Trinajstić information content (AvgIpc) is 3.20. The Balaban J connectivity index is 1.19. The highest BCUT2D eigenvalue weighted by molar-refractivity contribution is 5.41. The van der Waals surface area contributed by atoms with Crippen molar-refractivity contribution in [1.82, 2.24) is 4.90 Å². The monoisotopic (exact) mass is 605 g/mol. The van der Waals surface area contributed by atoms with E-state index in [1.54, 1.807) is 6.07 Å². The lowest BCUT2D eigenvalue weighted by Gasteiger charge is -2.54. The zero-order valence-corrected chi connectivity index (χ0v) is 25.1. The Morgan fingerprint density at radius 1 is 0.929 bits per heavy atom. The van der Waals surface area contributed by atoms with Gasteiger partial charge in [-0.2, -0.15) is 22.0 Å². The Labute approximate surface area is 247 Å². The molecule has 3 nitrogen and oxygen atoms in total. The summed E-state index contributed by atoms with van der Waals surface area (Å²) in [5.74, 6) is -3.69. The number of hydrogen-bond donors (Lipinski definition) is 2. The Kier molecular flexibility index (Phi) is 10.9. The molecule has 0 amide bonds. The van der Waals surface area contributed by atoms with Crippen molar-refractivity contribution in [2.75, 3.05) is 20.1 Å². The van der Waals surface area contributed by atoms with Crippen molar-refractivity contribution in [1.29, 1.82) is 0 Å². The summed E-state index contributed by atoms with van der Waals surface area (Å²) in [7, 11) is 2.01. The third-order valence-electron chi connectivity index (χ3n) is 10.8. The maximum atomic E-state index is 15.9. The normalized spacial score (nSPS) is 31.2. The number of alkyl halides is 6. The van der Waals surface area contributed by atoms with Gasteiger partial charge in [-0.3, -0.25) is 0 Å². The second-order valence-corrected chi connectivity index (χ2v) is 13.7. The fourth-order valence-corrected chi connectivity index (χ4v) is 8.51. The summed E-state index contributed by atoms with van der Waals surface area (Å²) in [6.45, 7) is 3.79. The second-order valence-electron chi connectivity index (χ2n) is 13.7. The summed E-state index contributed by atoms with van der Waals surface area (Å²) in [5, 5.41) is 20.9. The Hall–Kier alpha value is -1.48. The van der Waals surface area contributed by atoms with Gasteiger partial charge in [0.2, 0.25) is 0 Å². The van der Waals surface area contributed by atoms with Gasteiger partial charge in [0.25, 0.3) is 0 Å². The van der Waals surface area contributed by atoms with E-state index in [4.69, 9.17) is 0 Å². The summed E-state index contributed by atoms with van der Waals surface area (Å²) in [6.07, 6.45) is 1.79. The highest BCUT2D eigenvalue weighted by Crippen LogP contribution is 2.63. The van der Waals surface area contributed by atoms with Gasteiger partial charge in [0.1, 0.15) is 11.9 Å². The number of fused-ring (bicyclic) bond motifs is 5. The molecule has 0 spiro atoms. The van der Waals surface area contributed by atoms with Crippen LogP contribution in [0, 0.1) is 23.2 Å². The minimum absolute atomic E-state index is 0.127. The van der Waals surface area contributed by atoms with Gasteiger partial charge in [-0.1, -0.05) is 45.1 Å². The van der Waals surface area contributed by atoms with Crippen LogP contribution < -0.4 is 0 Å². The van der Waals surface area contributed by atoms with Crippen molar-refractivity contribution in [2.45, 2.75) is 127 Å². The summed E-state index contributed by atoms with van der Waals surface area (Å²) in [5.41, 5.74) is 1.75.